The van der Waals surface area contributed by atoms with Crippen molar-refractivity contribution in [3.63, 3.8) is 0 Å². The first kappa shape index (κ1) is 14.6. The van der Waals surface area contributed by atoms with Crippen LogP contribution in [-0.4, -0.2) is 16.8 Å². The van der Waals surface area contributed by atoms with Crippen molar-refractivity contribution in [2.24, 2.45) is 5.92 Å². The zero-order valence-corrected chi connectivity index (χ0v) is 14.4. The van der Waals surface area contributed by atoms with Crippen molar-refractivity contribution in [1.82, 2.24) is 5.32 Å². The molecule has 1 fully saturated rings. The highest BCUT2D eigenvalue weighted by Gasteiger charge is 2.36. The maximum atomic E-state index is 12.6. The van der Waals surface area contributed by atoms with Crippen molar-refractivity contribution in [3.05, 3.63) is 21.4 Å². The maximum Gasteiger partial charge on any atom is 0.261 e. The average molecular weight is 356 g/mol. The molecule has 3 rings (SSSR count). The Balaban J connectivity index is 1.73. The predicted molar refractivity (Wildman–Crippen MR) is 88.0 cm³/mol. The Hall–Kier alpha value is -0.350. The van der Waals surface area contributed by atoms with Gasteiger partial charge in [0.25, 0.3) is 5.91 Å². The first-order valence-corrected chi connectivity index (χ1v) is 9.56. The van der Waals surface area contributed by atoms with E-state index in [1.165, 1.54) is 29.7 Å². The second-order valence-corrected chi connectivity index (χ2v) is 8.18. The predicted octanol–water partition coefficient (Wildman–Crippen LogP) is 4.31. The number of carbonyl (C=O) groups is 1. The number of alkyl halides is 1. The SMILES string of the molecule is CC1CCCC(CBr)(NC(=O)c2cc3c(s2)CCC3)C1. The summed E-state index contributed by atoms with van der Waals surface area (Å²) in [4.78, 5) is 14.9. The zero-order chi connectivity index (χ0) is 14.2. The summed E-state index contributed by atoms with van der Waals surface area (Å²) >= 11 is 5.33. The fourth-order valence-corrected chi connectivity index (χ4v) is 5.47. The first-order valence-electron chi connectivity index (χ1n) is 7.62. The topological polar surface area (TPSA) is 29.1 Å². The number of hydrogen-bond acceptors (Lipinski definition) is 2. The Labute approximate surface area is 133 Å². The molecule has 2 nitrogen and oxygen atoms in total. The van der Waals surface area contributed by atoms with Crippen LogP contribution >= 0.6 is 27.3 Å². The van der Waals surface area contributed by atoms with Gasteiger partial charge in [-0.1, -0.05) is 35.7 Å². The lowest BCUT2D eigenvalue weighted by Crippen LogP contribution is -2.52. The molecular weight excluding hydrogens is 334 g/mol. The second-order valence-electron chi connectivity index (χ2n) is 6.48. The van der Waals surface area contributed by atoms with E-state index in [0.717, 1.165) is 35.9 Å². The number of halogens is 1. The molecule has 1 heterocycles. The molecule has 2 aliphatic rings. The van der Waals surface area contributed by atoms with Crippen molar-refractivity contribution in [2.75, 3.05) is 5.33 Å². The fourth-order valence-electron chi connectivity index (χ4n) is 3.67. The molecule has 4 heteroatoms. The van der Waals surface area contributed by atoms with Crippen LogP contribution in [0.25, 0.3) is 0 Å². The van der Waals surface area contributed by atoms with Crippen molar-refractivity contribution in [2.45, 2.75) is 57.4 Å². The van der Waals surface area contributed by atoms with Crippen LogP contribution in [0.3, 0.4) is 0 Å². The Morgan fingerprint density at radius 3 is 3.05 bits per heavy atom. The van der Waals surface area contributed by atoms with Gasteiger partial charge in [-0.3, -0.25) is 4.79 Å². The molecule has 0 bridgehead atoms. The minimum Gasteiger partial charge on any atom is -0.345 e. The summed E-state index contributed by atoms with van der Waals surface area (Å²) in [6.07, 6.45) is 8.26. The zero-order valence-electron chi connectivity index (χ0n) is 12.0. The van der Waals surface area contributed by atoms with Gasteiger partial charge < -0.3 is 5.32 Å². The Morgan fingerprint density at radius 1 is 1.50 bits per heavy atom. The highest BCUT2D eigenvalue weighted by Crippen LogP contribution is 2.35. The standard InChI is InChI=1S/C16H22BrNOS/c1-11-4-3-7-16(9-11,10-17)18-15(19)14-8-12-5-2-6-13(12)20-14/h8,11H,2-7,9-10H2,1H3,(H,18,19). The molecule has 0 aromatic carbocycles. The van der Waals surface area contributed by atoms with Crippen LogP contribution in [-0.2, 0) is 12.8 Å². The minimum absolute atomic E-state index is 0.0385. The molecule has 1 amide bonds. The lowest BCUT2D eigenvalue weighted by molar-refractivity contribution is 0.0873. The summed E-state index contributed by atoms with van der Waals surface area (Å²) in [7, 11) is 0. The highest BCUT2D eigenvalue weighted by atomic mass is 79.9. The third kappa shape index (κ3) is 2.82. The van der Waals surface area contributed by atoms with Gasteiger partial charge in [-0.15, -0.1) is 11.3 Å². The van der Waals surface area contributed by atoms with E-state index < -0.39 is 0 Å². The number of carbonyl (C=O) groups excluding carboxylic acids is 1. The highest BCUT2D eigenvalue weighted by molar-refractivity contribution is 9.09. The lowest BCUT2D eigenvalue weighted by atomic mass is 9.77. The van der Waals surface area contributed by atoms with Crippen molar-refractivity contribution in [3.8, 4) is 0 Å². The Kier molecular flexibility index (Phi) is 4.23. The average Bonchev–Trinajstić information content (AvgIpc) is 2.99. The third-order valence-corrected chi connectivity index (χ3v) is 7.01. The number of amides is 1. The quantitative estimate of drug-likeness (QED) is 0.804. The molecular formula is C16H22BrNOS. The molecule has 0 spiro atoms. The van der Waals surface area contributed by atoms with Crippen LogP contribution in [0.5, 0.6) is 0 Å². The van der Waals surface area contributed by atoms with Gasteiger partial charge in [0.15, 0.2) is 0 Å². The molecule has 2 unspecified atom stereocenters. The Morgan fingerprint density at radius 2 is 2.35 bits per heavy atom. The summed E-state index contributed by atoms with van der Waals surface area (Å²) in [5.74, 6) is 0.841. The number of hydrogen-bond donors (Lipinski definition) is 1. The van der Waals surface area contributed by atoms with Gasteiger partial charge in [-0.05, 0) is 49.7 Å². The van der Waals surface area contributed by atoms with Crippen LogP contribution in [0.15, 0.2) is 6.07 Å². The van der Waals surface area contributed by atoms with E-state index in [9.17, 15) is 4.79 Å². The van der Waals surface area contributed by atoms with Crippen LogP contribution in [0, 0.1) is 5.92 Å². The molecule has 0 aliphatic heterocycles. The van der Waals surface area contributed by atoms with E-state index in [1.54, 1.807) is 11.3 Å². The van der Waals surface area contributed by atoms with Gasteiger partial charge in [0.2, 0.25) is 0 Å². The summed E-state index contributed by atoms with van der Waals surface area (Å²) in [6, 6.07) is 2.12. The lowest BCUT2D eigenvalue weighted by Gasteiger charge is -2.39. The molecule has 0 radical (unpaired) electrons. The van der Waals surface area contributed by atoms with E-state index in [2.05, 4.69) is 34.2 Å². The first-order chi connectivity index (χ1) is 9.62. The molecule has 2 atom stereocenters. The number of nitrogens with one attached hydrogen (secondary N) is 1. The van der Waals surface area contributed by atoms with E-state index in [-0.39, 0.29) is 11.4 Å². The normalized spacial score (nSPS) is 29.2. The molecule has 0 saturated heterocycles. The smallest absolute Gasteiger partial charge is 0.261 e. The van der Waals surface area contributed by atoms with Crippen LogP contribution in [0.4, 0.5) is 0 Å². The maximum absolute atomic E-state index is 12.6. The molecule has 2 aliphatic carbocycles. The molecule has 1 aromatic rings. The fraction of sp³-hybridized carbons (Fsp3) is 0.688. The van der Waals surface area contributed by atoms with Gasteiger partial charge in [0, 0.05) is 10.2 Å². The van der Waals surface area contributed by atoms with E-state index in [1.807, 2.05) is 0 Å². The molecule has 20 heavy (non-hydrogen) atoms. The van der Waals surface area contributed by atoms with Gasteiger partial charge in [-0.2, -0.15) is 0 Å². The van der Waals surface area contributed by atoms with E-state index in [4.69, 9.17) is 0 Å². The van der Waals surface area contributed by atoms with Crippen molar-refractivity contribution < 1.29 is 4.79 Å². The van der Waals surface area contributed by atoms with Crippen LogP contribution in [0.2, 0.25) is 0 Å². The number of aryl methyl sites for hydroxylation is 2. The number of thiophene rings is 1. The van der Waals surface area contributed by atoms with Crippen molar-refractivity contribution >= 4 is 33.2 Å². The van der Waals surface area contributed by atoms with Gasteiger partial charge in [0.1, 0.15) is 0 Å². The van der Waals surface area contributed by atoms with Gasteiger partial charge in [0.05, 0.1) is 10.4 Å². The summed E-state index contributed by atoms with van der Waals surface area (Å²) < 4.78 is 0. The number of fused-ring (bicyclic) bond motifs is 1. The van der Waals surface area contributed by atoms with Crippen LogP contribution in [0.1, 0.15) is 59.1 Å². The molecule has 1 N–H and O–H groups in total. The number of rotatable bonds is 3. The molecule has 1 aromatic heterocycles. The van der Waals surface area contributed by atoms with E-state index in [0.29, 0.717) is 5.92 Å². The summed E-state index contributed by atoms with van der Waals surface area (Å²) in [6.45, 7) is 2.29. The molecule has 1 saturated carbocycles. The Bertz CT molecular complexity index is 491. The monoisotopic (exact) mass is 355 g/mol. The third-order valence-electron chi connectivity index (χ3n) is 4.70. The summed E-state index contributed by atoms with van der Waals surface area (Å²) in [5.41, 5.74) is 1.37. The van der Waals surface area contributed by atoms with Gasteiger partial charge in [-0.25, -0.2) is 0 Å². The van der Waals surface area contributed by atoms with E-state index >= 15 is 0 Å². The van der Waals surface area contributed by atoms with Gasteiger partial charge >= 0.3 is 0 Å². The molecule has 110 valence electrons. The van der Waals surface area contributed by atoms with Crippen molar-refractivity contribution in [1.29, 1.82) is 0 Å². The second kappa shape index (κ2) is 5.80. The van der Waals surface area contributed by atoms with Crippen LogP contribution < -0.4 is 5.32 Å². The minimum atomic E-state index is -0.0385. The summed E-state index contributed by atoms with van der Waals surface area (Å²) in [5, 5.41) is 4.20. The largest absolute Gasteiger partial charge is 0.345 e.